The van der Waals surface area contributed by atoms with Crippen LogP contribution < -0.4 is 0 Å². The van der Waals surface area contributed by atoms with Gasteiger partial charge in [0.25, 0.3) is 0 Å². The molecule has 1 aromatic heterocycles. The van der Waals surface area contributed by atoms with Crippen LogP contribution in [0.3, 0.4) is 0 Å². The van der Waals surface area contributed by atoms with Gasteiger partial charge in [-0.3, -0.25) is 14.5 Å². The van der Waals surface area contributed by atoms with Crippen molar-refractivity contribution in [1.82, 2.24) is 14.9 Å². The first-order valence-corrected chi connectivity index (χ1v) is 5.91. The molecule has 1 fully saturated rings. The summed E-state index contributed by atoms with van der Waals surface area (Å²) in [6, 6.07) is 5.71. The molecule has 0 bridgehead atoms. The van der Waals surface area contributed by atoms with Crippen molar-refractivity contribution >= 4 is 22.8 Å². The summed E-state index contributed by atoms with van der Waals surface area (Å²) in [6.45, 7) is 0. The van der Waals surface area contributed by atoms with E-state index in [1.807, 2.05) is 18.2 Å². The number of para-hydroxylation sites is 1. The maximum atomic E-state index is 12.2. The molecule has 0 spiro atoms. The molecule has 1 aliphatic heterocycles. The SMILES string of the molecule is CN1C(=O)CCC(c2cccc3nc[nH]c23)C1=O. The van der Waals surface area contributed by atoms with Gasteiger partial charge in [-0.05, 0) is 18.1 Å². The molecule has 1 saturated heterocycles. The predicted molar refractivity (Wildman–Crippen MR) is 65.8 cm³/mol. The van der Waals surface area contributed by atoms with E-state index in [1.54, 1.807) is 13.4 Å². The highest BCUT2D eigenvalue weighted by atomic mass is 16.2. The number of imidazole rings is 1. The van der Waals surface area contributed by atoms with Crippen molar-refractivity contribution < 1.29 is 9.59 Å². The molecule has 1 unspecified atom stereocenters. The number of nitrogens with zero attached hydrogens (tertiary/aromatic N) is 2. The smallest absolute Gasteiger partial charge is 0.236 e. The third kappa shape index (κ3) is 1.51. The highest BCUT2D eigenvalue weighted by Crippen LogP contribution is 2.31. The molecule has 1 aliphatic rings. The number of carbonyl (C=O) groups excluding carboxylic acids is 2. The molecule has 18 heavy (non-hydrogen) atoms. The third-order valence-corrected chi connectivity index (χ3v) is 3.51. The van der Waals surface area contributed by atoms with E-state index in [2.05, 4.69) is 9.97 Å². The molecule has 2 heterocycles. The zero-order valence-corrected chi connectivity index (χ0v) is 10.0. The van der Waals surface area contributed by atoms with Crippen LogP contribution >= 0.6 is 0 Å². The highest BCUT2D eigenvalue weighted by molar-refractivity contribution is 6.02. The van der Waals surface area contributed by atoms with E-state index in [9.17, 15) is 9.59 Å². The minimum absolute atomic E-state index is 0.104. The number of carbonyl (C=O) groups is 2. The van der Waals surface area contributed by atoms with Gasteiger partial charge >= 0.3 is 0 Å². The van der Waals surface area contributed by atoms with Crippen LogP contribution in [-0.4, -0.2) is 33.7 Å². The molecule has 1 atom stereocenters. The second-order valence-electron chi connectivity index (χ2n) is 4.53. The van der Waals surface area contributed by atoms with Gasteiger partial charge in [-0.1, -0.05) is 12.1 Å². The first-order valence-electron chi connectivity index (χ1n) is 5.91. The van der Waals surface area contributed by atoms with Crippen molar-refractivity contribution in [3.05, 3.63) is 30.1 Å². The molecule has 0 aliphatic carbocycles. The molecule has 0 radical (unpaired) electrons. The molecule has 92 valence electrons. The summed E-state index contributed by atoms with van der Waals surface area (Å²) < 4.78 is 0. The number of H-pyrrole nitrogens is 1. The first kappa shape index (κ1) is 11.0. The van der Waals surface area contributed by atoms with Crippen LogP contribution in [0.1, 0.15) is 24.3 Å². The van der Waals surface area contributed by atoms with E-state index in [1.165, 1.54) is 4.90 Å². The average Bonchev–Trinajstić information content (AvgIpc) is 2.84. The number of aromatic nitrogens is 2. The summed E-state index contributed by atoms with van der Waals surface area (Å²) in [5, 5.41) is 0. The largest absolute Gasteiger partial charge is 0.344 e. The van der Waals surface area contributed by atoms with Crippen molar-refractivity contribution in [1.29, 1.82) is 0 Å². The molecular weight excluding hydrogens is 230 g/mol. The topological polar surface area (TPSA) is 66.1 Å². The lowest BCUT2D eigenvalue weighted by Gasteiger charge is -2.28. The molecule has 5 heteroatoms. The van der Waals surface area contributed by atoms with E-state index in [0.717, 1.165) is 16.6 Å². The van der Waals surface area contributed by atoms with Crippen LogP contribution in [0.15, 0.2) is 24.5 Å². The van der Waals surface area contributed by atoms with E-state index in [4.69, 9.17) is 0 Å². The zero-order chi connectivity index (χ0) is 12.7. The van der Waals surface area contributed by atoms with Gasteiger partial charge in [0, 0.05) is 13.5 Å². The number of aromatic amines is 1. The second-order valence-corrected chi connectivity index (χ2v) is 4.53. The molecule has 1 N–H and O–H groups in total. The van der Waals surface area contributed by atoms with Crippen LogP contribution in [-0.2, 0) is 9.59 Å². The number of likely N-dealkylation sites (N-methyl/N-ethyl adjacent to an activating group) is 1. The van der Waals surface area contributed by atoms with Gasteiger partial charge in [0.2, 0.25) is 11.8 Å². The Labute approximate surface area is 104 Å². The number of imide groups is 1. The number of hydrogen-bond donors (Lipinski definition) is 1. The number of fused-ring (bicyclic) bond motifs is 1. The van der Waals surface area contributed by atoms with Crippen LogP contribution in [0, 0.1) is 0 Å². The Morgan fingerprint density at radius 2 is 2.22 bits per heavy atom. The summed E-state index contributed by atoms with van der Waals surface area (Å²) >= 11 is 0. The van der Waals surface area contributed by atoms with Gasteiger partial charge in [0.15, 0.2) is 0 Å². The van der Waals surface area contributed by atoms with Crippen molar-refractivity contribution in [2.75, 3.05) is 7.05 Å². The number of hydrogen-bond acceptors (Lipinski definition) is 3. The van der Waals surface area contributed by atoms with Gasteiger partial charge in [0.05, 0.1) is 23.3 Å². The standard InChI is InChI=1S/C13H13N3O2/c1-16-11(17)6-5-9(13(16)18)8-3-2-4-10-12(8)15-7-14-10/h2-4,7,9H,5-6H2,1H3,(H,14,15). The van der Waals surface area contributed by atoms with Gasteiger partial charge in [-0.2, -0.15) is 0 Å². The zero-order valence-electron chi connectivity index (χ0n) is 10.0. The summed E-state index contributed by atoms with van der Waals surface area (Å²) in [6.07, 6.45) is 2.61. The fraction of sp³-hybridized carbons (Fsp3) is 0.308. The molecular formula is C13H13N3O2. The lowest BCUT2D eigenvalue weighted by molar-refractivity contribution is -0.147. The minimum atomic E-state index is -0.253. The van der Waals surface area contributed by atoms with Gasteiger partial charge in [0.1, 0.15) is 0 Å². The summed E-state index contributed by atoms with van der Waals surface area (Å²) in [5.74, 6) is -0.488. The minimum Gasteiger partial charge on any atom is -0.344 e. The number of nitrogens with one attached hydrogen (secondary N) is 1. The number of likely N-dealkylation sites (tertiary alicyclic amines) is 1. The highest BCUT2D eigenvalue weighted by Gasteiger charge is 2.33. The number of rotatable bonds is 1. The Hall–Kier alpha value is -2.17. The Morgan fingerprint density at radius 3 is 3.06 bits per heavy atom. The Balaban J connectivity index is 2.07. The lowest BCUT2D eigenvalue weighted by atomic mass is 9.89. The van der Waals surface area contributed by atoms with E-state index in [0.29, 0.717) is 12.8 Å². The Bertz CT molecular complexity index is 632. The second kappa shape index (κ2) is 3.94. The van der Waals surface area contributed by atoms with Crippen LogP contribution in [0.25, 0.3) is 11.0 Å². The third-order valence-electron chi connectivity index (χ3n) is 3.51. The van der Waals surface area contributed by atoms with Crippen molar-refractivity contribution in [2.45, 2.75) is 18.8 Å². The van der Waals surface area contributed by atoms with Crippen molar-refractivity contribution in [3.63, 3.8) is 0 Å². The number of benzene rings is 1. The number of amides is 2. The molecule has 5 nitrogen and oxygen atoms in total. The van der Waals surface area contributed by atoms with Gasteiger partial charge in [-0.15, -0.1) is 0 Å². The first-order chi connectivity index (χ1) is 8.68. The van der Waals surface area contributed by atoms with Crippen LogP contribution in [0.2, 0.25) is 0 Å². The van der Waals surface area contributed by atoms with E-state index >= 15 is 0 Å². The normalized spacial score (nSPS) is 20.7. The van der Waals surface area contributed by atoms with E-state index in [-0.39, 0.29) is 17.7 Å². The fourth-order valence-corrected chi connectivity index (χ4v) is 2.48. The lowest BCUT2D eigenvalue weighted by Crippen LogP contribution is -2.41. The Morgan fingerprint density at radius 1 is 1.39 bits per heavy atom. The van der Waals surface area contributed by atoms with Crippen molar-refractivity contribution in [2.24, 2.45) is 0 Å². The summed E-state index contributed by atoms with van der Waals surface area (Å²) in [4.78, 5) is 32.1. The maximum Gasteiger partial charge on any atom is 0.236 e. The predicted octanol–water partition coefficient (Wildman–Crippen LogP) is 1.43. The quantitative estimate of drug-likeness (QED) is 0.770. The maximum absolute atomic E-state index is 12.2. The summed E-state index contributed by atoms with van der Waals surface area (Å²) in [5.41, 5.74) is 2.66. The fourth-order valence-electron chi connectivity index (χ4n) is 2.48. The molecule has 2 aromatic rings. The number of piperidine rings is 1. The van der Waals surface area contributed by atoms with Crippen LogP contribution in [0.5, 0.6) is 0 Å². The average molecular weight is 243 g/mol. The molecule has 2 amide bonds. The molecule has 3 rings (SSSR count). The van der Waals surface area contributed by atoms with Crippen molar-refractivity contribution in [3.8, 4) is 0 Å². The van der Waals surface area contributed by atoms with E-state index < -0.39 is 0 Å². The Kier molecular flexibility index (Phi) is 2.40. The van der Waals surface area contributed by atoms with Gasteiger partial charge in [-0.25, -0.2) is 4.98 Å². The van der Waals surface area contributed by atoms with Gasteiger partial charge < -0.3 is 4.98 Å². The monoisotopic (exact) mass is 243 g/mol. The summed E-state index contributed by atoms with van der Waals surface area (Å²) in [7, 11) is 1.55. The molecule has 1 aromatic carbocycles. The van der Waals surface area contributed by atoms with Crippen LogP contribution in [0.4, 0.5) is 0 Å². The molecule has 0 saturated carbocycles.